The molecule has 4 nitrogen and oxygen atoms in total. The van der Waals surface area contributed by atoms with Crippen LogP contribution in [-0.4, -0.2) is 41.7 Å². The van der Waals surface area contributed by atoms with E-state index in [2.05, 4.69) is 16.1 Å². The maximum absolute atomic E-state index is 10.4. The molecular weight excluding hydrogens is 248 g/mol. The van der Waals surface area contributed by atoms with Crippen molar-refractivity contribution >= 4 is 29.6 Å². The molecule has 1 rings (SSSR count). The van der Waals surface area contributed by atoms with Crippen LogP contribution < -0.4 is 4.90 Å². The van der Waals surface area contributed by atoms with E-state index < -0.39 is 5.97 Å². The van der Waals surface area contributed by atoms with Crippen LogP contribution in [0.4, 0.5) is 5.82 Å². The number of aromatic nitrogens is 1. The number of aliphatic carboxylic acids is 1. The number of hydrogen-bond donors (Lipinski definition) is 1. The van der Waals surface area contributed by atoms with Gasteiger partial charge >= 0.3 is 5.97 Å². The lowest BCUT2D eigenvalue weighted by atomic mass is 10.2. The van der Waals surface area contributed by atoms with Gasteiger partial charge in [0.15, 0.2) is 0 Å². The summed E-state index contributed by atoms with van der Waals surface area (Å²) in [4.78, 5) is 16.9. The standard InChI is InChI=1S/C13H18N2O2S/c1-10-8-11(4-5-12(16)17)9-14-13(10)15(2)6-7-18-3/h4-5,8-9H,6-7H2,1-3H3,(H,16,17)/b5-4+. The molecule has 0 aliphatic carbocycles. The fourth-order valence-electron chi connectivity index (χ4n) is 1.58. The third kappa shape index (κ3) is 4.41. The van der Waals surface area contributed by atoms with Crippen molar-refractivity contribution in [2.45, 2.75) is 6.92 Å². The molecule has 18 heavy (non-hydrogen) atoms. The van der Waals surface area contributed by atoms with Crippen molar-refractivity contribution in [3.8, 4) is 0 Å². The number of carboxylic acids is 1. The second-order valence-corrected chi connectivity index (χ2v) is 4.98. The number of carboxylic acid groups (broad SMARTS) is 1. The van der Waals surface area contributed by atoms with Crippen LogP contribution in [0.15, 0.2) is 18.3 Å². The molecule has 0 spiro atoms. The highest BCUT2D eigenvalue weighted by Gasteiger charge is 2.06. The predicted molar refractivity (Wildman–Crippen MR) is 77.3 cm³/mol. The van der Waals surface area contributed by atoms with E-state index in [-0.39, 0.29) is 0 Å². The minimum Gasteiger partial charge on any atom is -0.478 e. The summed E-state index contributed by atoms with van der Waals surface area (Å²) in [6.45, 7) is 2.93. The van der Waals surface area contributed by atoms with E-state index in [0.29, 0.717) is 0 Å². The molecule has 0 aliphatic heterocycles. The Kier molecular flexibility index (Phi) is 5.71. The van der Waals surface area contributed by atoms with Crippen molar-refractivity contribution in [3.63, 3.8) is 0 Å². The Balaban J connectivity index is 2.82. The van der Waals surface area contributed by atoms with Gasteiger partial charge in [-0.15, -0.1) is 0 Å². The molecule has 5 heteroatoms. The van der Waals surface area contributed by atoms with E-state index >= 15 is 0 Å². The quantitative estimate of drug-likeness (QED) is 0.801. The first-order chi connectivity index (χ1) is 8.54. The van der Waals surface area contributed by atoms with Crippen LogP contribution in [0.5, 0.6) is 0 Å². The van der Waals surface area contributed by atoms with Gasteiger partial charge in [-0.25, -0.2) is 9.78 Å². The molecule has 0 fully saturated rings. The molecule has 0 bridgehead atoms. The maximum Gasteiger partial charge on any atom is 0.328 e. The summed E-state index contributed by atoms with van der Waals surface area (Å²) in [7, 11) is 2.01. The zero-order chi connectivity index (χ0) is 13.5. The van der Waals surface area contributed by atoms with Gasteiger partial charge in [-0.05, 0) is 36.4 Å². The number of thioether (sulfide) groups is 1. The summed E-state index contributed by atoms with van der Waals surface area (Å²) in [5, 5.41) is 8.57. The Labute approximate surface area is 112 Å². The Bertz CT molecular complexity index is 447. The third-order valence-corrected chi connectivity index (χ3v) is 3.07. The third-order valence-electron chi connectivity index (χ3n) is 2.48. The molecule has 0 saturated carbocycles. The Morgan fingerprint density at radius 3 is 2.89 bits per heavy atom. The van der Waals surface area contributed by atoms with Gasteiger partial charge < -0.3 is 10.0 Å². The normalized spacial score (nSPS) is 10.8. The minimum absolute atomic E-state index is 0.803. The van der Waals surface area contributed by atoms with Crippen LogP contribution in [0.1, 0.15) is 11.1 Å². The van der Waals surface area contributed by atoms with Crippen molar-refractivity contribution in [3.05, 3.63) is 29.5 Å². The zero-order valence-electron chi connectivity index (χ0n) is 10.9. The van der Waals surface area contributed by atoms with E-state index in [0.717, 1.165) is 35.3 Å². The first-order valence-electron chi connectivity index (χ1n) is 5.62. The van der Waals surface area contributed by atoms with Gasteiger partial charge in [-0.1, -0.05) is 0 Å². The second kappa shape index (κ2) is 7.06. The molecule has 0 amide bonds. The van der Waals surface area contributed by atoms with Crippen molar-refractivity contribution in [2.24, 2.45) is 0 Å². The number of rotatable bonds is 6. The highest BCUT2D eigenvalue weighted by Crippen LogP contribution is 2.17. The Hall–Kier alpha value is -1.49. The largest absolute Gasteiger partial charge is 0.478 e. The summed E-state index contributed by atoms with van der Waals surface area (Å²) in [6.07, 6.45) is 6.44. The minimum atomic E-state index is -0.950. The number of pyridine rings is 1. The average Bonchev–Trinajstić information content (AvgIpc) is 2.33. The molecule has 0 unspecified atom stereocenters. The number of nitrogens with zero attached hydrogens (tertiary/aromatic N) is 2. The predicted octanol–water partition coefficient (Wildman–Crippen LogP) is 2.29. The van der Waals surface area contributed by atoms with Crippen LogP contribution in [0.25, 0.3) is 6.08 Å². The average molecular weight is 266 g/mol. The first-order valence-corrected chi connectivity index (χ1v) is 7.01. The topological polar surface area (TPSA) is 53.4 Å². The summed E-state index contributed by atoms with van der Waals surface area (Å²) in [5.41, 5.74) is 1.85. The van der Waals surface area contributed by atoms with E-state index in [1.807, 2.05) is 20.0 Å². The van der Waals surface area contributed by atoms with Crippen LogP contribution in [0.3, 0.4) is 0 Å². The zero-order valence-corrected chi connectivity index (χ0v) is 11.7. The lowest BCUT2D eigenvalue weighted by molar-refractivity contribution is -0.131. The highest BCUT2D eigenvalue weighted by molar-refractivity contribution is 7.98. The SMILES string of the molecule is CSCCN(C)c1ncc(/C=C/C(=O)O)cc1C. The smallest absolute Gasteiger partial charge is 0.328 e. The summed E-state index contributed by atoms with van der Waals surface area (Å²) >= 11 is 1.80. The first kappa shape index (κ1) is 14.6. The molecule has 0 saturated heterocycles. The van der Waals surface area contributed by atoms with Crippen LogP contribution in [0, 0.1) is 6.92 Å². The number of aryl methyl sites for hydroxylation is 1. The molecule has 0 aliphatic rings. The maximum atomic E-state index is 10.4. The number of anilines is 1. The highest BCUT2D eigenvalue weighted by atomic mass is 32.2. The second-order valence-electron chi connectivity index (χ2n) is 4.00. The fourth-order valence-corrected chi connectivity index (χ4v) is 2.04. The molecule has 0 atom stereocenters. The van der Waals surface area contributed by atoms with E-state index in [1.165, 1.54) is 0 Å². The monoisotopic (exact) mass is 266 g/mol. The Morgan fingerprint density at radius 2 is 2.33 bits per heavy atom. The lowest BCUT2D eigenvalue weighted by Gasteiger charge is -2.19. The van der Waals surface area contributed by atoms with Crippen molar-refractivity contribution in [1.29, 1.82) is 0 Å². The molecule has 1 aromatic heterocycles. The van der Waals surface area contributed by atoms with Crippen molar-refractivity contribution in [1.82, 2.24) is 4.98 Å². The van der Waals surface area contributed by atoms with Crippen molar-refractivity contribution in [2.75, 3.05) is 30.5 Å². The van der Waals surface area contributed by atoms with Crippen LogP contribution >= 0.6 is 11.8 Å². The van der Waals surface area contributed by atoms with Gasteiger partial charge in [0.2, 0.25) is 0 Å². The van der Waals surface area contributed by atoms with Gasteiger partial charge in [0.1, 0.15) is 5.82 Å². The lowest BCUT2D eigenvalue weighted by Crippen LogP contribution is -2.22. The summed E-state index contributed by atoms with van der Waals surface area (Å²) in [6, 6.07) is 1.94. The van der Waals surface area contributed by atoms with E-state index in [9.17, 15) is 4.79 Å². The molecule has 1 heterocycles. The summed E-state index contributed by atoms with van der Waals surface area (Å²) < 4.78 is 0. The fraction of sp³-hybridized carbons (Fsp3) is 0.385. The summed E-state index contributed by atoms with van der Waals surface area (Å²) in [5.74, 6) is 1.04. The molecule has 0 aromatic carbocycles. The van der Waals surface area contributed by atoms with Gasteiger partial charge in [0, 0.05) is 31.6 Å². The van der Waals surface area contributed by atoms with Gasteiger partial charge in [-0.2, -0.15) is 11.8 Å². The Morgan fingerprint density at radius 1 is 1.61 bits per heavy atom. The molecular formula is C13H18N2O2S. The molecule has 1 N–H and O–H groups in total. The van der Waals surface area contributed by atoms with Gasteiger partial charge in [0.05, 0.1) is 0 Å². The van der Waals surface area contributed by atoms with Crippen molar-refractivity contribution < 1.29 is 9.90 Å². The molecule has 98 valence electrons. The van der Waals surface area contributed by atoms with Gasteiger partial charge in [0.25, 0.3) is 0 Å². The molecule has 0 radical (unpaired) electrons. The number of carbonyl (C=O) groups is 1. The van der Waals surface area contributed by atoms with E-state index in [4.69, 9.17) is 5.11 Å². The van der Waals surface area contributed by atoms with Gasteiger partial charge in [-0.3, -0.25) is 0 Å². The number of hydrogen-bond acceptors (Lipinski definition) is 4. The molecule has 1 aromatic rings. The van der Waals surface area contributed by atoms with Crippen LogP contribution in [-0.2, 0) is 4.79 Å². The van der Waals surface area contributed by atoms with Crippen LogP contribution in [0.2, 0.25) is 0 Å². The van der Waals surface area contributed by atoms with E-state index in [1.54, 1.807) is 24.0 Å².